The molecule has 0 bridgehead atoms. The number of piperazine rings is 1. The van der Waals surface area contributed by atoms with Crippen molar-refractivity contribution in [2.24, 2.45) is 0 Å². The molecule has 25 heavy (non-hydrogen) atoms. The molecule has 1 aliphatic rings. The number of aldehydes is 1. The highest BCUT2D eigenvalue weighted by Crippen LogP contribution is 2.23. The largest absolute Gasteiger partial charge is 0.573 e. The molecule has 2 rings (SSSR count). The Morgan fingerprint density at radius 3 is 2.28 bits per heavy atom. The Morgan fingerprint density at radius 2 is 1.72 bits per heavy atom. The van der Waals surface area contributed by atoms with Crippen molar-refractivity contribution < 1.29 is 27.5 Å². The van der Waals surface area contributed by atoms with E-state index in [0.717, 1.165) is 51.1 Å². The Bertz CT molecular complexity index is 570. The van der Waals surface area contributed by atoms with Gasteiger partial charge in [0.1, 0.15) is 12.0 Å². The number of anilines is 1. The van der Waals surface area contributed by atoms with Gasteiger partial charge in [0.05, 0.1) is 6.54 Å². The number of ether oxygens (including phenoxy) is 1. The van der Waals surface area contributed by atoms with Crippen molar-refractivity contribution in [2.75, 3.05) is 44.6 Å². The lowest BCUT2D eigenvalue weighted by Gasteiger charge is -2.33. The summed E-state index contributed by atoms with van der Waals surface area (Å²) in [5.41, 5.74) is 0.407. The molecule has 1 saturated heterocycles. The Balaban J connectivity index is 1.74. The molecule has 1 aromatic carbocycles. The zero-order valence-electron chi connectivity index (χ0n) is 13.6. The molecule has 0 aliphatic carbocycles. The van der Waals surface area contributed by atoms with Crippen molar-refractivity contribution in [1.82, 2.24) is 9.80 Å². The number of nitrogens with zero attached hydrogens (tertiary/aromatic N) is 2. The van der Waals surface area contributed by atoms with E-state index in [4.69, 9.17) is 0 Å². The van der Waals surface area contributed by atoms with Gasteiger partial charge in [0, 0.05) is 44.8 Å². The van der Waals surface area contributed by atoms with Gasteiger partial charge in [-0.25, -0.2) is 0 Å². The van der Waals surface area contributed by atoms with Crippen molar-refractivity contribution in [3.8, 4) is 5.75 Å². The predicted molar refractivity (Wildman–Crippen MR) is 85.3 cm³/mol. The Kier molecular flexibility index (Phi) is 6.77. The average Bonchev–Trinajstić information content (AvgIpc) is 2.55. The molecule has 0 spiro atoms. The molecule has 0 atom stereocenters. The van der Waals surface area contributed by atoms with Crippen LogP contribution in [0.15, 0.2) is 24.3 Å². The van der Waals surface area contributed by atoms with Gasteiger partial charge in [-0.15, -0.1) is 13.2 Å². The molecule has 1 N–H and O–H groups in total. The molecule has 0 unspecified atom stereocenters. The Morgan fingerprint density at radius 1 is 1.12 bits per heavy atom. The first-order chi connectivity index (χ1) is 11.9. The van der Waals surface area contributed by atoms with E-state index in [1.165, 1.54) is 12.1 Å². The van der Waals surface area contributed by atoms with Crippen LogP contribution < -0.4 is 10.1 Å². The highest BCUT2D eigenvalue weighted by Gasteiger charge is 2.31. The van der Waals surface area contributed by atoms with Gasteiger partial charge in [0.25, 0.3) is 0 Å². The first kappa shape index (κ1) is 19.2. The first-order valence-electron chi connectivity index (χ1n) is 7.90. The van der Waals surface area contributed by atoms with Crippen LogP contribution in [0.2, 0.25) is 0 Å². The molecule has 1 heterocycles. The number of carbonyl (C=O) groups is 2. The zero-order valence-corrected chi connectivity index (χ0v) is 13.6. The highest BCUT2D eigenvalue weighted by atomic mass is 19.4. The maximum atomic E-state index is 12.1. The van der Waals surface area contributed by atoms with E-state index in [1.807, 2.05) is 4.90 Å². The van der Waals surface area contributed by atoms with E-state index in [2.05, 4.69) is 15.0 Å². The van der Waals surface area contributed by atoms with Crippen LogP contribution in [-0.2, 0) is 9.59 Å². The van der Waals surface area contributed by atoms with E-state index < -0.39 is 6.36 Å². The first-order valence-corrected chi connectivity index (χ1v) is 7.90. The molecule has 0 aromatic heterocycles. The number of halogens is 3. The third kappa shape index (κ3) is 7.10. The van der Waals surface area contributed by atoms with E-state index >= 15 is 0 Å². The summed E-state index contributed by atoms with van der Waals surface area (Å²) in [5, 5.41) is 2.65. The molecule has 1 aliphatic heterocycles. The summed E-state index contributed by atoms with van der Waals surface area (Å²) in [7, 11) is 0. The van der Waals surface area contributed by atoms with Crippen molar-refractivity contribution in [3.05, 3.63) is 24.3 Å². The van der Waals surface area contributed by atoms with Gasteiger partial charge in [-0.3, -0.25) is 9.69 Å². The van der Waals surface area contributed by atoms with Crippen LogP contribution in [0.5, 0.6) is 5.75 Å². The summed E-state index contributed by atoms with van der Waals surface area (Å²) in [5.74, 6) is -0.567. The van der Waals surface area contributed by atoms with Gasteiger partial charge < -0.3 is 19.7 Å². The lowest BCUT2D eigenvalue weighted by molar-refractivity contribution is -0.274. The lowest BCUT2D eigenvalue weighted by Crippen LogP contribution is -2.48. The van der Waals surface area contributed by atoms with Crippen LogP contribution in [0.3, 0.4) is 0 Å². The minimum atomic E-state index is -4.74. The zero-order chi connectivity index (χ0) is 18.3. The van der Waals surface area contributed by atoms with Gasteiger partial charge in [-0.1, -0.05) is 0 Å². The average molecular weight is 359 g/mol. The Hall–Kier alpha value is -2.13. The quantitative estimate of drug-likeness (QED) is 0.752. The second kappa shape index (κ2) is 8.82. The van der Waals surface area contributed by atoms with Crippen LogP contribution in [0, 0.1) is 0 Å². The van der Waals surface area contributed by atoms with Gasteiger partial charge >= 0.3 is 6.36 Å². The van der Waals surface area contributed by atoms with E-state index in [0.29, 0.717) is 12.1 Å². The summed E-state index contributed by atoms with van der Waals surface area (Å²) in [6.07, 6.45) is -3.34. The second-order valence-corrected chi connectivity index (χ2v) is 5.69. The monoisotopic (exact) mass is 359 g/mol. The van der Waals surface area contributed by atoms with Gasteiger partial charge in [0.15, 0.2) is 0 Å². The number of benzene rings is 1. The molecule has 1 fully saturated rings. The van der Waals surface area contributed by atoms with Crippen LogP contribution in [0.25, 0.3) is 0 Å². The minimum absolute atomic E-state index is 0.211. The molecular weight excluding hydrogens is 339 g/mol. The van der Waals surface area contributed by atoms with Gasteiger partial charge in [-0.05, 0) is 24.3 Å². The highest BCUT2D eigenvalue weighted by molar-refractivity contribution is 5.92. The van der Waals surface area contributed by atoms with Crippen molar-refractivity contribution in [1.29, 1.82) is 0 Å². The topological polar surface area (TPSA) is 61.9 Å². The summed E-state index contributed by atoms with van der Waals surface area (Å²) in [4.78, 5) is 26.6. The number of hydrogen-bond donors (Lipinski definition) is 1. The molecule has 0 radical (unpaired) electrons. The maximum absolute atomic E-state index is 12.1. The molecule has 138 valence electrons. The van der Waals surface area contributed by atoms with Gasteiger partial charge in [0.2, 0.25) is 5.91 Å². The summed E-state index contributed by atoms with van der Waals surface area (Å²) < 4.78 is 40.0. The third-order valence-corrected chi connectivity index (χ3v) is 3.77. The van der Waals surface area contributed by atoms with E-state index in [-0.39, 0.29) is 18.2 Å². The molecule has 1 amide bonds. The SMILES string of the molecule is O=CCCN1CCN(CC(=O)Nc2ccc(OC(F)(F)F)cc2)CC1. The molecule has 6 nitrogen and oxygen atoms in total. The summed E-state index contributed by atoms with van der Waals surface area (Å²) in [6, 6.07) is 5.01. The standard InChI is InChI=1S/C16H20F3N3O3/c17-16(18,19)25-14-4-2-13(3-5-14)20-15(24)12-22-9-7-21(8-10-22)6-1-11-23/h2-5,11H,1,6-10,12H2,(H,20,24). The maximum Gasteiger partial charge on any atom is 0.573 e. The molecule has 0 saturated carbocycles. The Labute approximate surface area is 143 Å². The fourth-order valence-electron chi connectivity index (χ4n) is 2.55. The molecular formula is C16H20F3N3O3. The lowest BCUT2D eigenvalue weighted by atomic mass is 10.2. The number of hydrogen-bond acceptors (Lipinski definition) is 5. The second-order valence-electron chi connectivity index (χ2n) is 5.69. The number of amides is 1. The van der Waals surface area contributed by atoms with Crippen molar-refractivity contribution in [3.63, 3.8) is 0 Å². The van der Waals surface area contributed by atoms with Crippen LogP contribution >= 0.6 is 0 Å². The number of rotatable bonds is 7. The van der Waals surface area contributed by atoms with Crippen LogP contribution in [-0.4, -0.2) is 67.6 Å². The van der Waals surface area contributed by atoms with Gasteiger partial charge in [-0.2, -0.15) is 0 Å². The van der Waals surface area contributed by atoms with Crippen molar-refractivity contribution in [2.45, 2.75) is 12.8 Å². The van der Waals surface area contributed by atoms with E-state index in [1.54, 1.807) is 0 Å². The normalized spacial score (nSPS) is 16.4. The summed E-state index contributed by atoms with van der Waals surface area (Å²) in [6.45, 7) is 3.99. The predicted octanol–water partition coefficient (Wildman–Crippen LogP) is 1.73. The molecule has 9 heteroatoms. The number of nitrogens with one attached hydrogen (secondary N) is 1. The number of carbonyl (C=O) groups excluding carboxylic acids is 2. The smallest absolute Gasteiger partial charge is 0.406 e. The fourth-order valence-corrected chi connectivity index (χ4v) is 2.55. The number of alkyl halides is 3. The molecule has 1 aromatic rings. The van der Waals surface area contributed by atoms with Crippen molar-refractivity contribution >= 4 is 17.9 Å². The minimum Gasteiger partial charge on any atom is -0.406 e. The van der Waals surface area contributed by atoms with Crippen LogP contribution in [0.1, 0.15) is 6.42 Å². The third-order valence-electron chi connectivity index (χ3n) is 3.77. The fraction of sp³-hybridized carbons (Fsp3) is 0.500. The van der Waals surface area contributed by atoms with E-state index in [9.17, 15) is 22.8 Å². The van der Waals surface area contributed by atoms with Crippen LogP contribution in [0.4, 0.5) is 18.9 Å². The summed E-state index contributed by atoms with van der Waals surface area (Å²) >= 11 is 0.